The molecule has 1 N–H and O–H groups in total. The predicted molar refractivity (Wildman–Crippen MR) is 125 cm³/mol. The summed E-state index contributed by atoms with van der Waals surface area (Å²) in [6, 6.07) is 12.5. The Morgan fingerprint density at radius 3 is 2.78 bits per heavy atom. The fourth-order valence-corrected chi connectivity index (χ4v) is 6.69. The summed E-state index contributed by atoms with van der Waals surface area (Å²) in [5.41, 5.74) is 3.39. The van der Waals surface area contributed by atoms with Crippen LogP contribution in [0, 0.1) is 12.7 Å². The van der Waals surface area contributed by atoms with E-state index in [-0.39, 0.29) is 18.0 Å². The first-order valence-electron chi connectivity index (χ1n) is 11.4. The Balaban J connectivity index is 1.50. The smallest absolute Gasteiger partial charge is 0.319 e. The van der Waals surface area contributed by atoms with E-state index in [9.17, 15) is 14.0 Å². The molecule has 5 nitrogen and oxygen atoms in total. The van der Waals surface area contributed by atoms with E-state index in [1.807, 2.05) is 25.1 Å². The van der Waals surface area contributed by atoms with Gasteiger partial charge in [-0.1, -0.05) is 49.1 Å². The molecule has 2 aromatic carbocycles. The van der Waals surface area contributed by atoms with Gasteiger partial charge in [0.1, 0.15) is 5.82 Å². The van der Waals surface area contributed by atoms with Gasteiger partial charge in [-0.2, -0.15) is 0 Å². The Labute approximate surface area is 192 Å². The lowest BCUT2D eigenvalue weighted by molar-refractivity contribution is -0.123. The normalized spacial score (nSPS) is 23.1. The van der Waals surface area contributed by atoms with Gasteiger partial charge in [-0.25, -0.2) is 9.18 Å². The van der Waals surface area contributed by atoms with Gasteiger partial charge >= 0.3 is 6.03 Å². The number of benzene rings is 2. The molecule has 0 aromatic heterocycles. The summed E-state index contributed by atoms with van der Waals surface area (Å²) in [4.78, 5) is 29.5. The van der Waals surface area contributed by atoms with Crippen LogP contribution in [0.1, 0.15) is 48.8 Å². The second kappa shape index (κ2) is 8.43. The maximum atomic E-state index is 14.4. The highest BCUT2D eigenvalue weighted by Crippen LogP contribution is 2.54. The summed E-state index contributed by atoms with van der Waals surface area (Å²) in [7, 11) is 0. The van der Waals surface area contributed by atoms with Crippen LogP contribution in [0.3, 0.4) is 0 Å². The lowest BCUT2D eigenvalue weighted by atomic mass is 9.95. The lowest BCUT2D eigenvalue weighted by Gasteiger charge is -2.35. The van der Waals surface area contributed by atoms with Crippen molar-refractivity contribution in [1.82, 2.24) is 10.2 Å². The van der Waals surface area contributed by atoms with E-state index in [1.165, 1.54) is 30.3 Å². The van der Waals surface area contributed by atoms with Gasteiger partial charge in [-0.05, 0) is 43.5 Å². The number of thioether (sulfide) groups is 1. The highest BCUT2D eigenvalue weighted by atomic mass is 32.2. The fraction of sp³-hybridized carbons (Fsp3) is 0.440. The Bertz CT molecular complexity index is 1060. The van der Waals surface area contributed by atoms with E-state index >= 15 is 0 Å². The van der Waals surface area contributed by atoms with Gasteiger partial charge < -0.3 is 10.2 Å². The topological polar surface area (TPSA) is 52.7 Å². The summed E-state index contributed by atoms with van der Waals surface area (Å²) in [6.45, 7) is 2.87. The number of anilines is 1. The van der Waals surface area contributed by atoms with Crippen molar-refractivity contribution in [2.45, 2.75) is 56.5 Å². The van der Waals surface area contributed by atoms with Crippen molar-refractivity contribution in [3.05, 3.63) is 65.0 Å². The van der Waals surface area contributed by atoms with Crippen LogP contribution in [-0.2, 0) is 16.2 Å². The predicted octanol–water partition coefficient (Wildman–Crippen LogP) is 4.92. The SMILES string of the molecule is Cc1cccc(CN2C(=O)[C@@]3(SCCN3C(=O)NC3CCCCC3)c3cc(F)ccc32)c1. The average Bonchev–Trinajstić information content (AvgIpc) is 3.32. The molecule has 7 heteroatoms. The van der Waals surface area contributed by atoms with Gasteiger partial charge in [0, 0.05) is 23.9 Å². The number of carbonyl (C=O) groups excluding carboxylic acids is 2. The molecule has 0 radical (unpaired) electrons. The molecule has 5 rings (SSSR count). The molecule has 0 unspecified atom stereocenters. The van der Waals surface area contributed by atoms with Gasteiger partial charge in [0.2, 0.25) is 0 Å². The van der Waals surface area contributed by atoms with Gasteiger partial charge in [-0.3, -0.25) is 9.69 Å². The van der Waals surface area contributed by atoms with Crippen LogP contribution in [-0.4, -0.2) is 35.2 Å². The zero-order valence-electron chi connectivity index (χ0n) is 18.3. The van der Waals surface area contributed by atoms with Gasteiger partial charge in [0.05, 0.1) is 12.2 Å². The number of fused-ring (bicyclic) bond motifs is 2. The first kappa shape index (κ1) is 21.3. The van der Waals surface area contributed by atoms with Crippen LogP contribution in [0.2, 0.25) is 0 Å². The standard InChI is InChI=1S/C25H28FN3O2S/c1-17-6-5-7-18(14-17)16-28-22-11-10-19(26)15-21(22)25(23(28)30)29(12-13-32-25)24(31)27-20-8-3-2-4-9-20/h5-7,10-11,14-15,20H,2-4,8-9,12-13,16H2,1H3,(H,27,31)/t25-/m0/s1. The number of aryl methyl sites for hydroxylation is 1. The first-order chi connectivity index (χ1) is 15.5. The average molecular weight is 454 g/mol. The first-order valence-corrected chi connectivity index (χ1v) is 12.4. The lowest BCUT2D eigenvalue weighted by Crippen LogP contribution is -2.55. The zero-order valence-corrected chi connectivity index (χ0v) is 19.1. The molecule has 1 saturated carbocycles. The number of carbonyl (C=O) groups is 2. The molecule has 3 aliphatic rings. The zero-order chi connectivity index (χ0) is 22.3. The van der Waals surface area contributed by atoms with E-state index < -0.39 is 10.7 Å². The van der Waals surface area contributed by atoms with Crippen molar-refractivity contribution in [2.24, 2.45) is 0 Å². The molecule has 2 aromatic rings. The Kier molecular flexibility index (Phi) is 5.61. The third-order valence-electron chi connectivity index (χ3n) is 6.76. The number of urea groups is 1. The third kappa shape index (κ3) is 3.56. The number of hydrogen-bond acceptors (Lipinski definition) is 3. The molecule has 168 valence electrons. The van der Waals surface area contributed by atoms with Crippen LogP contribution >= 0.6 is 11.8 Å². The third-order valence-corrected chi connectivity index (χ3v) is 8.18. The molecule has 2 aliphatic heterocycles. The summed E-state index contributed by atoms with van der Waals surface area (Å²) in [5, 5.41) is 3.16. The van der Waals surface area contributed by atoms with Crippen LogP contribution in [0.5, 0.6) is 0 Å². The maximum absolute atomic E-state index is 14.4. The number of rotatable bonds is 3. The largest absolute Gasteiger partial charge is 0.335 e. The molecule has 32 heavy (non-hydrogen) atoms. The van der Waals surface area contributed by atoms with Crippen molar-refractivity contribution in [2.75, 3.05) is 17.2 Å². The summed E-state index contributed by atoms with van der Waals surface area (Å²) in [5.74, 6) is 0.0762. The van der Waals surface area contributed by atoms with Crippen molar-refractivity contribution < 1.29 is 14.0 Å². The second-order valence-electron chi connectivity index (χ2n) is 8.97. The van der Waals surface area contributed by atoms with Crippen LogP contribution in [0.15, 0.2) is 42.5 Å². The number of amides is 3. The monoisotopic (exact) mass is 453 g/mol. The minimum Gasteiger partial charge on any atom is -0.335 e. The Morgan fingerprint density at radius 1 is 1.19 bits per heavy atom. The molecule has 0 bridgehead atoms. The molecule has 2 fully saturated rings. The van der Waals surface area contributed by atoms with Crippen molar-refractivity contribution in [1.29, 1.82) is 0 Å². The summed E-state index contributed by atoms with van der Waals surface area (Å²) < 4.78 is 14.4. The molecule has 3 amide bonds. The molecule has 1 aliphatic carbocycles. The van der Waals surface area contributed by atoms with Crippen LogP contribution in [0.25, 0.3) is 0 Å². The minimum absolute atomic E-state index is 0.144. The number of hydrogen-bond donors (Lipinski definition) is 1. The second-order valence-corrected chi connectivity index (χ2v) is 10.3. The van der Waals surface area contributed by atoms with E-state index in [4.69, 9.17) is 0 Å². The number of halogens is 1. The van der Waals surface area contributed by atoms with Crippen molar-refractivity contribution in [3.63, 3.8) is 0 Å². The number of nitrogens with one attached hydrogen (secondary N) is 1. The van der Waals surface area contributed by atoms with Crippen molar-refractivity contribution >= 4 is 29.4 Å². The van der Waals surface area contributed by atoms with E-state index in [0.29, 0.717) is 30.1 Å². The molecule has 1 spiro atoms. The molecular weight excluding hydrogens is 425 g/mol. The highest BCUT2D eigenvalue weighted by Gasteiger charge is 2.59. The Morgan fingerprint density at radius 2 is 2.00 bits per heavy atom. The van der Waals surface area contributed by atoms with E-state index in [1.54, 1.807) is 15.9 Å². The maximum Gasteiger partial charge on any atom is 0.319 e. The number of nitrogens with zero attached hydrogens (tertiary/aromatic N) is 2. The van der Waals surface area contributed by atoms with E-state index in [0.717, 1.165) is 36.8 Å². The summed E-state index contributed by atoms with van der Waals surface area (Å²) in [6.07, 6.45) is 5.37. The molecule has 2 heterocycles. The quantitative estimate of drug-likeness (QED) is 0.717. The van der Waals surface area contributed by atoms with Gasteiger partial charge in [0.15, 0.2) is 4.87 Å². The van der Waals surface area contributed by atoms with Crippen LogP contribution < -0.4 is 10.2 Å². The molecular formula is C25H28FN3O2S. The van der Waals surface area contributed by atoms with E-state index in [2.05, 4.69) is 11.4 Å². The Hall–Kier alpha value is -2.54. The molecule has 1 atom stereocenters. The van der Waals surface area contributed by atoms with Gasteiger partial charge in [-0.15, -0.1) is 11.8 Å². The van der Waals surface area contributed by atoms with Gasteiger partial charge in [0.25, 0.3) is 5.91 Å². The van der Waals surface area contributed by atoms with Crippen molar-refractivity contribution in [3.8, 4) is 0 Å². The molecule has 1 saturated heterocycles. The summed E-state index contributed by atoms with van der Waals surface area (Å²) >= 11 is 1.43. The van der Waals surface area contributed by atoms with Crippen LogP contribution in [0.4, 0.5) is 14.9 Å². The minimum atomic E-state index is -1.21. The fourth-order valence-electron chi connectivity index (χ4n) is 5.24. The highest BCUT2D eigenvalue weighted by molar-refractivity contribution is 8.01.